The zero-order valence-corrected chi connectivity index (χ0v) is 9.23. The number of nitrogens with two attached hydrogens (primary N) is 1. The van der Waals surface area contributed by atoms with Gasteiger partial charge in [0.15, 0.2) is 0 Å². The molecule has 0 saturated heterocycles. The molecular formula is C9H19NO2S. The fourth-order valence-corrected chi connectivity index (χ4v) is 1.67. The zero-order valence-electron chi connectivity index (χ0n) is 8.41. The minimum absolute atomic E-state index is 0.0434. The number of ether oxygens (including phenoxy) is 1. The normalized spacial score (nSPS) is 12.5. The molecule has 0 aromatic rings. The van der Waals surface area contributed by atoms with Crippen LogP contribution in [0.1, 0.15) is 26.7 Å². The largest absolute Gasteiger partial charge is 0.466 e. The summed E-state index contributed by atoms with van der Waals surface area (Å²) in [4.78, 5) is 11.0. The topological polar surface area (TPSA) is 52.3 Å². The molecule has 13 heavy (non-hydrogen) atoms. The van der Waals surface area contributed by atoms with Crippen LogP contribution >= 0.6 is 11.8 Å². The van der Waals surface area contributed by atoms with Crippen molar-refractivity contribution in [1.82, 2.24) is 0 Å². The van der Waals surface area contributed by atoms with E-state index in [1.165, 1.54) is 0 Å². The second kappa shape index (κ2) is 8.38. The fourth-order valence-electron chi connectivity index (χ4n) is 0.915. The molecule has 0 aliphatic rings. The lowest BCUT2D eigenvalue weighted by atomic mass is 10.2. The Kier molecular flexibility index (Phi) is 8.24. The van der Waals surface area contributed by atoms with E-state index >= 15 is 0 Å². The Morgan fingerprint density at radius 3 is 2.77 bits per heavy atom. The Morgan fingerprint density at radius 2 is 2.23 bits per heavy atom. The SMILES string of the molecule is CCOC(=O)CC(N)CCSCC. The van der Waals surface area contributed by atoms with Crippen LogP contribution in [0.25, 0.3) is 0 Å². The molecule has 78 valence electrons. The molecule has 0 rings (SSSR count). The molecular weight excluding hydrogens is 186 g/mol. The molecule has 0 radical (unpaired) electrons. The fraction of sp³-hybridized carbons (Fsp3) is 0.889. The summed E-state index contributed by atoms with van der Waals surface area (Å²) in [5, 5.41) is 0. The zero-order chi connectivity index (χ0) is 10.1. The van der Waals surface area contributed by atoms with Gasteiger partial charge in [-0.05, 0) is 24.9 Å². The lowest BCUT2D eigenvalue weighted by molar-refractivity contribution is -0.143. The van der Waals surface area contributed by atoms with E-state index in [-0.39, 0.29) is 12.0 Å². The van der Waals surface area contributed by atoms with E-state index in [1.807, 2.05) is 11.8 Å². The smallest absolute Gasteiger partial charge is 0.307 e. The molecule has 0 aliphatic heterocycles. The third-order valence-corrected chi connectivity index (χ3v) is 2.50. The molecule has 0 saturated carbocycles. The van der Waals surface area contributed by atoms with Gasteiger partial charge in [0.25, 0.3) is 0 Å². The standard InChI is InChI=1S/C9H19NO2S/c1-3-12-9(11)7-8(10)5-6-13-4-2/h8H,3-7,10H2,1-2H3. The minimum atomic E-state index is -0.184. The van der Waals surface area contributed by atoms with E-state index in [9.17, 15) is 4.79 Å². The monoisotopic (exact) mass is 205 g/mol. The maximum absolute atomic E-state index is 11.0. The lowest BCUT2D eigenvalue weighted by Crippen LogP contribution is -2.25. The van der Waals surface area contributed by atoms with Crippen LogP contribution in [0.3, 0.4) is 0 Å². The van der Waals surface area contributed by atoms with Crippen molar-refractivity contribution in [3.8, 4) is 0 Å². The van der Waals surface area contributed by atoms with Crippen LogP contribution < -0.4 is 5.73 Å². The van der Waals surface area contributed by atoms with Gasteiger partial charge in [-0.2, -0.15) is 11.8 Å². The molecule has 0 fully saturated rings. The van der Waals surface area contributed by atoms with E-state index < -0.39 is 0 Å². The number of hydrogen-bond donors (Lipinski definition) is 1. The Hall–Kier alpha value is -0.220. The predicted molar refractivity (Wildman–Crippen MR) is 56.8 cm³/mol. The molecule has 4 heteroatoms. The summed E-state index contributed by atoms with van der Waals surface area (Å²) in [6.45, 7) is 4.35. The van der Waals surface area contributed by atoms with Crippen molar-refractivity contribution in [1.29, 1.82) is 0 Å². The van der Waals surface area contributed by atoms with Gasteiger partial charge >= 0.3 is 5.97 Å². The maximum Gasteiger partial charge on any atom is 0.307 e. The van der Waals surface area contributed by atoms with Crippen LogP contribution in [0.5, 0.6) is 0 Å². The highest BCUT2D eigenvalue weighted by Crippen LogP contribution is 2.05. The Bertz CT molecular complexity index is 142. The van der Waals surface area contributed by atoms with Gasteiger partial charge in [0, 0.05) is 6.04 Å². The number of carbonyl (C=O) groups excluding carboxylic acids is 1. The molecule has 0 aliphatic carbocycles. The van der Waals surface area contributed by atoms with E-state index in [4.69, 9.17) is 10.5 Å². The molecule has 1 unspecified atom stereocenters. The summed E-state index contributed by atoms with van der Waals surface area (Å²) in [5.74, 6) is 1.94. The first-order valence-corrected chi connectivity index (χ1v) is 5.85. The first-order chi connectivity index (χ1) is 6.20. The highest BCUT2D eigenvalue weighted by atomic mass is 32.2. The van der Waals surface area contributed by atoms with Gasteiger partial charge in [-0.1, -0.05) is 6.92 Å². The average molecular weight is 205 g/mol. The van der Waals surface area contributed by atoms with Gasteiger partial charge in [-0.15, -0.1) is 0 Å². The number of rotatable bonds is 7. The van der Waals surface area contributed by atoms with Crippen LogP contribution in [0.2, 0.25) is 0 Å². The third-order valence-electron chi connectivity index (χ3n) is 1.57. The molecule has 0 aromatic heterocycles. The van der Waals surface area contributed by atoms with Crippen molar-refractivity contribution >= 4 is 17.7 Å². The van der Waals surface area contributed by atoms with Crippen LogP contribution in [0.4, 0.5) is 0 Å². The van der Waals surface area contributed by atoms with Crippen LogP contribution in [-0.4, -0.2) is 30.1 Å². The van der Waals surface area contributed by atoms with E-state index in [1.54, 1.807) is 6.92 Å². The van der Waals surface area contributed by atoms with Gasteiger partial charge in [0.1, 0.15) is 0 Å². The van der Waals surface area contributed by atoms with Crippen LogP contribution in [0, 0.1) is 0 Å². The second-order valence-electron chi connectivity index (χ2n) is 2.75. The highest BCUT2D eigenvalue weighted by Gasteiger charge is 2.09. The first kappa shape index (κ1) is 12.8. The van der Waals surface area contributed by atoms with Crippen molar-refractivity contribution in [3.05, 3.63) is 0 Å². The predicted octanol–water partition coefficient (Wildman–Crippen LogP) is 1.41. The Labute approximate surface area is 84.4 Å². The summed E-state index contributed by atoms with van der Waals surface area (Å²) in [6.07, 6.45) is 1.23. The van der Waals surface area contributed by atoms with E-state index in [2.05, 4.69) is 6.92 Å². The maximum atomic E-state index is 11.0. The second-order valence-corrected chi connectivity index (χ2v) is 4.15. The van der Waals surface area contributed by atoms with Crippen molar-refractivity contribution in [3.63, 3.8) is 0 Å². The van der Waals surface area contributed by atoms with Crippen LogP contribution in [-0.2, 0) is 9.53 Å². The molecule has 0 spiro atoms. The summed E-state index contributed by atoms with van der Waals surface area (Å²) >= 11 is 1.84. The minimum Gasteiger partial charge on any atom is -0.466 e. The number of hydrogen-bond acceptors (Lipinski definition) is 4. The molecule has 0 heterocycles. The van der Waals surface area contributed by atoms with E-state index in [0.29, 0.717) is 13.0 Å². The van der Waals surface area contributed by atoms with Gasteiger partial charge in [-0.25, -0.2) is 0 Å². The molecule has 0 bridgehead atoms. The molecule has 3 nitrogen and oxygen atoms in total. The molecule has 0 amide bonds. The molecule has 0 aromatic carbocycles. The quantitative estimate of drug-likeness (QED) is 0.504. The molecule has 2 N–H and O–H groups in total. The van der Waals surface area contributed by atoms with Gasteiger partial charge in [0.2, 0.25) is 0 Å². The third kappa shape index (κ3) is 8.12. The lowest BCUT2D eigenvalue weighted by Gasteiger charge is -2.09. The average Bonchev–Trinajstić information content (AvgIpc) is 2.05. The van der Waals surface area contributed by atoms with Crippen LogP contribution in [0.15, 0.2) is 0 Å². The Balaban J connectivity index is 3.38. The first-order valence-electron chi connectivity index (χ1n) is 4.69. The summed E-state index contributed by atoms with van der Waals surface area (Å²) in [5.41, 5.74) is 5.73. The van der Waals surface area contributed by atoms with E-state index in [0.717, 1.165) is 17.9 Å². The van der Waals surface area contributed by atoms with Crippen molar-refractivity contribution in [2.24, 2.45) is 5.73 Å². The van der Waals surface area contributed by atoms with Crippen molar-refractivity contribution < 1.29 is 9.53 Å². The number of thioether (sulfide) groups is 1. The summed E-state index contributed by atoms with van der Waals surface area (Å²) < 4.78 is 4.79. The summed E-state index contributed by atoms with van der Waals surface area (Å²) in [6, 6.07) is -0.0434. The van der Waals surface area contributed by atoms with Gasteiger partial charge in [-0.3, -0.25) is 4.79 Å². The van der Waals surface area contributed by atoms with Gasteiger partial charge < -0.3 is 10.5 Å². The highest BCUT2D eigenvalue weighted by molar-refractivity contribution is 7.99. The van der Waals surface area contributed by atoms with Crippen molar-refractivity contribution in [2.45, 2.75) is 32.7 Å². The molecule has 1 atom stereocenters. The van der Waals surface area contributed by atoms with Gasteiger partial charge in [0.05, 0.1) is 13.0 Å². The number of esters is 1. The Morgan fingerprint density at radius 1 is 1.54 bits per heavy atom. The van der Waals surface area contributed by atoms with Crippen molar-refractivity contribution in [2.75, 3.05) is 18.1 Å². The number of carbonyl (C=O) groups is 1. The summed E-state index contributed by atoms with van der Waals surface area (Å²) in [7, 11) is 0.